The van der Waals surface area contributed by atoms with Crippen LogP contribution >= 0.6 is 11.8 Å². The van der Waals surface area contributed by atoms with Crippen LogP contribution in [0.1, 0.15) is 37.4 Å². The predicted octanol–water partition coefficient (Wildman–Crippen LogP) is 3.37. The number of aliphatic imine (C=N–C) groups is 1. The van der Waals surface area contributed by atoms with Crippen molar-refractivity contribution in [3.05, 3.63) is 29.3 Å². The van der Waals surface area contributed by atoms with Gasteiger partial charge in [-0.05, 0) is 45.3 Å². The van der Waals surface area contributed by atoms with E-state index < -0.39 is 0 Å². The topological polar surface area (TPSA) is 45.7 Å². The van der Waals surface area contributed by atoms with Crippen molar-refractivity contribution < 1.29 is 4.74 Å². The molecule has 0 spiro atoms. The van der Waals surface area contributed by atoms with Crippen molar-refractivity contribution in [1.29, 1.82) is 0 Å². The summed E-state index contributed by atoms with van der Waals surface area (Å²) in [6.45, 7) is 8.00. The highest BCUT2D eigenvalue weighted by atomic mass is 32.2. The van der Waals surface area contributed by atoms with Crippen molar-refractivity contribution in [3.63, 3.8) is 0 Å². The van der Waals surface area contributed by atoms with E-state index in [1.54, 1.807) is 7.11 Å². The molecule has 1 rings (SSSR count). The molecule has 0 saturated heterocycles. The van der Waals surface area contributed by atoms with E-state index in [1.165, 1.54) is 5.56 Å². The van der Waals surface area contributed by atoms with Crippen LogP contribution in [-0.2, 0) is 0 Å². The normalized spacial score (nSPS) is 12.9. The third kappa shape index (κ3) is 6.18. The number of hydrogen-bond acceptors (Lipinski definition) is 3. The van der Waals surface area contributed by atoms with Gasteiger partial charge in [-0.1, -0.05) is 17.7 Å². The van der Waals surface area contributed by atoms with E-state index in [4.69, 9.17) is 4.74 Å². The molecule has 0 bridgehead atoms. The minimum Gasteiger partial charge on any atom is -0.496 e. The van der Waals surface area contributed by atoms with Gasteiger partial charge in [0.05, 0.1) is 13.2 Å². The van der Waals surface area contributed by atoms with Crippen LogP contribution in [0.3, 0.4) is 0 Å². The maximum Gasteiger partial charge on any atom is 0.191 e. The third-order valence-electron chi connectivity index (χ3n) is 3.33. The second kappa shape index (κ2) is 10.4. The van der Waals surface area contributed by atoms with Crippen molar-refractivity contribution in [1.82, 2.24) is 10.6 Å². The van der Waals surface area contributed by atoms with E-state index in [0.29, 0.717) is 0 Å². The summed E-state index contributed by atoms with van der Waals surface area (Å²) >= 11 is 1.86. The molecule has 0 aliphatic heterocycles. The molecule has 4 nitrogen and oxygen atoms in total. The van der Waals surface area contributed by atoms with Gasteiger partial charge in [-0.15, -0.1) is 0 Å². The van der Waals surface area contributed by atoms with Gasteiger partial charge in [-0.25, -0.2) is 0 Å². The molecule has 0 amide bonds. The van der Waals surface area contributed by atoms with Crippen LogP contribution in [0.5, 0.6) is 5.75 Å². The van der Waals surface area contributed by atoms with Crippen molar-refractivity contribution in [2.75, 3.05) is 32.2 Å². The molecule has 0 aromatic heterocycles. The van der Waals surface area contributed by atoms with Crippen LogP contribution in [0.15, 0.2) is 23.2 Å². The first kappa shape index (κ1) is 18.7. The Morgan fingerprint density at radius 2 is 2.18 bits per heavy atom. The summed E-state index contributed by atoms with van der Waals surface area (Å²) in [6.07, 6.45) is 3.22. The van der Waals surface area contributed by atoms with Crippen molar-refractivity contribution in [2.45, 2.75) is 33.2 Å². The average Bonchev–Trinajstić information content (AvgIpc) is 2.51. The summed E-state index contributed by atoms with van der Waals surface area (Å²) in [5.74, 6) is 2.91. The fourth-order valence-corrected chi connectivity index (χ4v) is 2.61. The first-order valence-electron chi connectivity index (χ1n) is 7.80. The van der Waals surface area contributed by atoms with Crippen molar-refractivity contribution >= 4 is 17.7 Å². The van der Waals surface area contributed by atoms with Crippen molar-refractivity contribution in [3.8, 4) is 5.75 Å². The molecule has 124 valence electrons. The first-order valence-corrected chi connectivity index (χ1v) is 9.20. The van der Waals surface area contributed by atoms with Gasteiger partial charge in [0.15, 0.2) is 5.96 Å². The minimum absolute atomic E-state index is 0.133. The van der Waals surface area contributed by atoms with Gasteiger partial charge in [0, 0.05) is 18.7 Å². The Morgan fingerprint density at radius 1 is 1.41 bits per heavy atom. The summed E-state index contributed by atoms with van der Waals surface area (Å²) in [5.41, 5.74) is 2.38. The number of nitrogens with one attached hydrogen (secondary N) is 2. The van der Waals surface area contributed by atoms with Gasteiger partial charge in [-0.3, -0.25) is 4.99 Å². The lowest BCUT2D eigenvalue weighted by Gasteiger charge is -2.20. The molecule has 0 saturated carbocycles. The van der Waals surface area contributed by atoms with Gasteiger partial charge in [-0.2, -0.15) is 11.8 Å². The van der Waals surface area contributed by atoms with Crippen LogP contribution in [0.4, 0.5) is 0 Å². The fraction of sp³-hybridized carbons (Fsp3) is 0.588. The summed E-state index contributed by atoms with van der Waals surface area (Å²) in [6, 6.07) is 6.38. The maximum atomic E-state index is 5.47. The molecule has 0 aliphatic rings. The molecule has 2 N–H and O–H groups in total. The van der Waals surface area contributed by atoms with E-state index in [2.05, 4.69) is 54.8 Å². The van der Waals surface area contributed by atoms with E-state index in [0.717, 1.165) is 42.5 Å². The number of aryl methyl sites for hydroxylation is 1. The van der Waals surface area contributed by atoms with Crippen LogP contribution in [-0.4, -0.2) is 38.2 Å². The largest absolute Gasteiger partial charge is 0.496 e. The number of benzene rings is 1. The second-order valence-corrected chi connectivity index (χ2v) is 6.20. The molecule has 1 unspecified atom stereocenters. The highest BCUT2D eigenvalue weighted by Gasteiger charge is 2.13. The predicted molar refractivity (Wildman–Crippen MR) is 98.3 cm³/mol. The SMILES string of the molecule is CCNC(=NCCCSC)NC(C)c1cc(C)ccc1OC. The van der Waals surface area contributed by atoms with Crippen LogP contribution in [0.2, 0.25) is 0 Å². The maximum absolute atomic E-state index is 5.47. The van der Waals surface area contributed by atoms with Gasteiger partial charge in [0.25, 0.3) is 0 Å². The Balaban J connectivity index is 2.77. The quantitative estimate of drug-likeness (QED) is 0.437. The van der Waals surface area contributed by atoms with Crippen LogP contribution < -0.4 is 15.4 Å². The summed E-state index contributed by atoms with van der Waals surface area (Å²) in [5, 5.41) is 6.77. The molecular weight excluding hydrogens is 294 g/mol. The lowest BCUT2D eigenvalue weighted by molar-refractivity contribution is 0.405. The van der Waals surface area contributed by atoms with E-state index in [1.807, 2.05) is 17.8 Å². The van der Waals surface area contributed by atoms with E-state index in [9.17, 15) is 0 Å². The van der Waals surface area contributed by atoms with E-state index >= 15 is 0 Å². The number of hydrogen-bond donors (Lipinski definition) is 2. The van der Waals surface area contributed by atoms with E-state index in [-0.39, 0.29) is 6.04 Å². The Labute approximate surface area is 139 Å². The summed E-state index contributed by atoms with van der Waals surface area (Å²) in [7, 11) is 1.71. The lowest BCUT2D eigenvalue weighted by Crippen LogP contribution is -2.39. The smallest absolute Gasteiger partial charge is 0.191 e. The number of nitrogens with zero attached hydrogens (tertiary/aromatic N) is 1. The molecule has 0 radical (unpaired) electrons. The number of methoxy groups -OCH3 is 1. The average molecular weight is 324 g/mol. The van der Waals surface area contributed by atoms with Gasteiger partial charge >= 0.3 is 0 Å². The van der Waals surface area contributed by atoms with Crippen molar-refractivity contribution in [2.24, 2.45) is 4.99 Å². The van der Waals surface area contributed by atoms with Gasteiger partial charge in [0.2, 0.25) is 0 Å². The molecular formula is C17H29N3OS. The molecule has 0 fully saturated rings. The zero-order chi connectivity index (χ0) is 16.4. The Hall–Kier alpha value is -1.36. The summed E-state index contributed by atoms with van der Waals surface area (Å²) in [4.78, 5) is 4.63. The molecule has 5 heteroatoms. The van der Waals surface area contributed by atoms with Crippen LogP contribution in [0.25, 0.3) is 0 Å². The lowest BCUT2D eigenvalue weighted by atomic mass is 10.0. The third-order valence-corrected chi connectivity index (χ3v) is 4.02. The number of ether oxygens (including phenoxy) is 1. The number of guanidine groups is 1. The zero-order valence-electron chi connectivity index (χ0n) is 14.4. The highest BCUT2D eigenvalue weighted by molar-refractivity contribution is 7.98. The molecule has 0 heterocycles. The number of rotatable bonds is 8. The molecule has 1 atom stereocenters. The van der Waals surface area contributed by atoms with Gasteiger partial charge in [0.1, 0.15) is 5.75 Å². The zero-order valence-corrected chi connectivity index (χ0v) is 15.2. The minimum atomic E-state index is 0.133. The molecule has 1 aromatic carbocycles. The first-order chi connectivity index (χ1) is 10.6. The monoisotopic (exact) mass is 323 g/mol. The standard InChI is InChI=1S/C17H29N3OS/c1-6-18-17(19-10-7-11-22-5)20-14(3)15-12-13(2)8-9-16(15)21-4/h8-9,12,14H,6-7,10-11H2,1-5H3,(H2,18,19,20). The molecule has 0 aliphatic carbocycles. The fourth-order valence-electron chi connectivity index (χ4n) is 2.19. The summed E-state index contributed by atoms with van der Waals surface area (Å²) < 4.78 is 5.47. The van der Waals surface area contributed by atoms with Gasteiger partial charge < -0.3 is 15.4 Å². The Bertz CT molecular complexity index is 477. The highest BCUT2D eigenvalue weighted by Crippen LogP contribution is 2.25. The molecule has 1 aromatic rings. The Morgan fingerprint density at radius 3 is 2.82 bits per heavy atom. The second-order valence-electron chi connectivity index (χ2n) is 5.22. The number of thioether (sulfide) groups is 1. The Kier molecular flexibility index (Phi) is 8.82. The van der Waals surface area contributed by atoms with Crippen LogP contribution in [0, 0.1) is 6.92 Å². The molecule has 22 heavy (non-hydrogen) atoms.